The number of benzene rings is 1. The van der Waals surface area contributed by atoms with E-state index in [1.165, 1.54) is 17.0 Å². The van der Waals surface area contributed by atoms with E-state index in [1.54, 1.807) is 26.8 Å². The molecule has 1 aromatic rings. The average molecular weight is 338 g/mol. The monoisotopic (exact) mass is 338 g/mol. The van der Waals surface area contributed by atoms with Crippen molar-refractivity contribution in [1.82, 2.24) is 4.90 Å². The van der Waals surface area contributed by atoms with Crippen molar-refractivity contribution in [3.05, 3.63) is 35.4 Å². The topological polar surface area (TPSA) is 73.6 Å². The van der Waals surface area contributed by atoms with Crippen molar-refractivity contribution in [3.8, 4) is 6.07 Å². The maximum atomic E-state index is 13.4. The zero-order chi connectivity index (χ0) is 18.1. The number of hydrogen-bond donors (Lipinski definition) is 1. The van der Waals surface area contributed by atoms with Crippen LogP contribution < -0.4 is 0 Å². The standard InChI is InChI=1S/C17H20F2N2O3/c1-17(2,3)24-16(23)21-9-11(6-14(21)15(22)8-20)10-4-12(18)7-13(19)5-10/h4-5,7,11,14-15,22H,6,9H2,1-3H3/t11-,14?,15?/m1/s1. The molecule has 0 aromatic heterocycles. The van der Waals surface area contributed by atoms with Crippen LogP contribution in [0.1, 0.15) is 38.7 Å². The third-order valence-corrected chi connectivity index (χ3v) is 3.82. The molecule has 2 unspecified atom stereocenters. The molecule has 1 saturated heterocycles. The maximum Gasteiger partial charge on any atom is 0.410 e. The first-order chi connectivity index (χ1) is 11.1. The molecule has 2 rings (SSSR count). The number of hydrogen-bond acceptors (Lipinski definition) is 4. The second-order valence-electron chi connectivity index (χ2n) is 6.91. The number of amides is 1. The van der Waals surface area contributed by atoms with Crippen LogP contribution in [0, 0.1) is 23.0 Å². The molecule has 5 nitrogen and oxygen atoms in total. The third-order valence-electron chi connectivity index (χ3n) is 3.82. The van der Waals surface area contributed by atoms with Crippen molar-refractivity contribution >= 4 is 6.09 Å². The lowest BCUT2D eigenvalue weighted by molar-refractivity contribution is 0.0121. The van der Waals surface area contributed by atoms with E-state index in [2.05, 4.69) is 0 Å². The fourth-order valence-corrected chi connectivity index (χ4v) is 2.83. The molecule has 0 radical (unpaired) electrons. The minimum Gasteiger partial charge on any atom is -0.444 e. The van der Waals surface area contributed by atoms with Gasteiger partial charge in [0.15, 0.2) is 6.10 Å². The Kier molecular flexibility index (Phi) is 5.09. The summed E-state index contributed by atoms with van der Waals surface area (Å²) in [5.41, 5.74) is -0.351. The van der Waals surface area contributed by atoms with Crippen LogP contribution in [-0.2, 0) is 4.74 Å². The normalized spacial score (nSPS) is 22.1. The van der Waals surface area contributed by atoms with Crippen molar-refractivity contribution in [2.45, 2.75) is 50.9 Å². The molecule has 1 aliphatic heterocycles. The van der Waals surface area contributed by atoms with Crippen LogP contribution in [0.25, 0.3) is 0 Å². The summed E-state index contributed by atoms with van der Waals surface area (Å²) in [6, 6.07) is 4.08. The Morgan fingerprint density at radius 2 is 1.96 bits per heavy atom. The fourth-order valence-electron chi connectivity index (χ4n) is 2.83. The molecule has 1 aliphatic rings. The highest BCUT2D eigenvalue weighted by Gasteiger charge is 2.42. The Balaban J connectivity index is 2.26. The summed E-state index contributed by atoms with van der Waals surface area (Å²) in [4.78, 5) is 13.6. The Hall–Kier alpha value is -2.20. The molecule has 24 heavy (non-hydrogen) atoms. The van der Waals surface area contributed by atoms with E-state index in [-0.39, 0.29) is 13.0 Å². The molecule has 0 saturated carbocycles. The van der Waals surface area contributed by atoms with Crippen LogP contribution in [0.15, 0.2) is 18.2 Å². The first-order valence-electron chi connectivity index (χ1n) is 7.64. The zero-order valence-electron chi connectivity index (χ0n) is 13.8. The van der Waals surface area contributed by atoms with Gasteiger partial charge in [-0.3, -0.25) is 0 Å². The Bertz CT molecular complexity index is 647. The van der Waals surface area contributed by atoms with Crippen molar-refractivity contribution in [2.75, 3.05) is 6.54 Å². The van der Waals surface area contributed by atoms with E-state index in [9.17, 15) is 18.7 Å². The van der Waals surface area contributed by atoms with Gasteiger partial charge in [0.1, 0.15) is 17.2 Å². The van der Waals surface area contributed by atoms with E-state index in [0.717, 1.165) is 6.07 Å². The number of aliphatic hydroxyl groups excluding tert-OH is 1. The number of carbonyl (C=O) groups is 1. The predicted molar refractivity (Wildman–Crippen MR) is 82.1 cm³/mol. The second-order valence-corrected chi connectivity index (χ2v) is 6.91. The summed E-state index contributed by atoms with van der Waals surface area (Å²) in [5, 5.41) is 18.9. The summed E-state index contributed by atoms with van der Waals surface area (Å²) in [5.74, 6) is -1.81. The van der Waals surface area contributed by atoms with Gasteiger partial charge in [0.25, 0.3) is 0 Å². The summed E-state index contributed by atoms with van der Waals surface area (Å²) >= 11 is 0. The quantitative estimate of drug-likeness (QED) is 0.842. The van der Waals surface area contributed by atoms with E-state index in [0.29, 0.717) is 5.56 Å². The number of halogens is 2. The largest absolute Gasteiger partial charge is 0.444 e. The van der Waals surface area contributed by atoms with Gasteiger partial charge in [-0.25, -0.2) is 13.6 Å². The molecule has 0 spiro atoms. The number of aliphatic hydroxyl groups is 1. The lowest BCUT2D eigenvalue weighted by atomic mass is 9.95. The van der Waals surface area contributed by atoms with Crippen LogP contribution in [0.3, 0.4) is 0 Å². The van der Waals surface area contributed by atoms with Gasteiger partial charge in [0.2, 0.25) is 0 Å². The van der Waals surface area contributed by atoms with Crippen molar-refractivity contribution in [2.24, 2.45) is 0 Å². The Labute approximate surface area is 139 Å². The molecule has 3 atom stereocenters. The van der Waals surface area contributed by atoms with E-state index in [1.807, 2.05) is 0 Å². The van der Waals surface area contributed by atoms with Crippen LogP contribution >= 0.6 is 0 Å². The van der Waals surface area contributed by atoms with E-state index < -0.39 is 41.4 Å². The number of carbonyl (C=O) groups excluding carboxylic acids is 1. The highest BCUT2D eigenvalue weighted by molar-refractivity contribution is 5.69. The number of likely N-dealkylation sites (tertiary alicyclic amines) is 1. The highest BCUT2D eigenvalue weighted by atomic mass is 19.1. The first kappa shape index (κ1) is 18.1. The lowest BCUT2D eigenvalue weighted by Gasteiger charge is -2.29. The first-order valence-corrected chi connectivity index (χ1v) is 7.64. The number of nitriles is 1. The lowest BCUT2D eigenvalue weighted by Crippen LogP contribution is -2.44. The van der Waals surface area contributed by atoms with Crippen LogP contribution in [0.2, 0.25) is 0 Å². The molecule has 130 valence electrons. The molecule has 1 N–H and O–H groups in total. The number of rotatable bonds is 2. The molecule has 0 aliphatic carbocycles. The summed E-state index contributed by atoms with van der Waals surface area (Å²) < 4.78 is 32.2. The van der Waals surface area contributed by atoms with Crippen molar-refractivity contribution < 1.29 is 23.4 Å². The Morgan fingerprint density at radius 3 is 2.46 bits per heavy atom. The van der Waals surface area contributed by atoms with Gasteiger partial charge in [-0.2, -0.15) is 5.26 Å². The van der Waals surface area contributed by atoms with Crippen molar-refractivity contribution in [3.63, 3.8) is 0 Å². The molecular formula is C17H20F2N2O3. The highest BCUT2D eigenvalue weighted by Crippen LogP contribution is 2.34. The van der Waals surface area contributed by atoms with Crippen LogP contribution in [0.5, 0.6) is 0 Å². The predicted octanol–water partition coefficient (Wildman–Crippen LogP) is 2.94. The van der Waals surface area contributed by atoms with Gasteiger partial charge < -0.3 is 14.7 Å². The number of ether oxygens (including phenoxy) is 1. The summed E-state index contributed by atoms with van der Waals surface area (Å²) in [6.07, 6.45) is -1.85. The van der Waals surface area contributed by atoms with Gasteiger partial charge in [-0.05, 0) is 44.9 Å². The molecule has 7 heteroatoms. The van der Waals surface area contributed by atoms with Gasteiger partial charge in [0.05, 0.1) is 12.1 Å². The second kappa shape index (κ2) is 6.73. The minimum absolute atomic E-state index is 0.112. The van der Waals surface area contributed by atoms with Gasteiger partial charge in [0, 0.05) is 18.5 Å². The van der Waals surface area contributed by atoms with Crippen LogP contribution in [-0.4, -0.2) is 40.4 Å². The number of nitrogens with zero attached hydrogens (tertiary/aromatic N) is 2. The summed E-state index contributed by atoms with van der Waals surface area (Å²) in [6.45, 7) is 5.23. The molecule has 1 fully saturated rings. The summed E-state index contributed by atoms with van der Waals surface area (Å²) in [7, 11) is 0. The molecule has 1 aromatic carbocycles. The fraction of sp³-hybridized carbons (Fsp3) is 0.529. The van der Waals surface area contributed by atoms with Crippen molar-refractivity contribution in [1.29, 1.82) is 5.26 Å². The van der Waals surface area contributed by atoms with E-state index in [4.69, 9.17) is 10.00 Å². The van der Waals surface area contributed by atoms with E-state index >= 15 is 0 Å². The Morgan fingerprint density at radius 1 is 1.38 bits per heavy atom. The van der Waals surface area contributed by atoms with Gasteiger partial charge in [-0.15, -0.1) is 0 Å². The third kappa shape index (κ3) is 4.20. The molecular weight excluding hydrogens is 318 g/mol. The molecule has 1 heterocycles. The zero-order valence-corrected chi connectivity index (χ0v) is 13.8. The SMILES string of the molecule is CC(C)(C)OC(=O)N1C[C@H](c2cc(F)cc(F)c2)CC1C(O)C#N. The molecule has 0 bridgehead atoms. The maximum absolute atomic E-state index is 13.4. The minimum atomic E-state index is -1.40. The van der Waals surface area contributed by atoms with Gasteiger partial charge >= 0.3 is 6.09 Å². The molecule has 1 amide bonds. The smallest absolute Gasteiger partial charge is 0.410 e. The van der Waals surface area contributed by atoms with Gasteiger partial charge in [-0.1, -0.05) is 0 Å². The average Bonchev–Trinajstić information content (AvgIpc) is 2.89. The van der Waals surface area contributed by atoms with Crippen LogP contribution in [0.4, 0.5) is 13.6 Å².